The van der Waals surface area contributed by atoms with Gasteiger partial charge in [0.2, 0.25) is 10.0 Å². The Morgan fingerprint density at radius 1 is 1.27 bits per heavy atom. The van der Waals surface area contributed by atoms with E-state index in [0.717, 1.165) is 18.4 Å². The molecule has 1 atom stereocenters. The Kier molecular flexibility index (Phi) is 5.12. The lowest BCUT2D eigenvalue weighted by molar-refractivity contribution is 0.0730. The molecule has 2 aromatic rings. The lowest BCUT2D eigenvalue weighted by Crippen LogP contribution is -2.30. The quantitative estimate of drug-likeness (QED) is 0.824. The lowest BCUT2D eigenvalue weighted by Gasteiger charge is -2.25. The maximum absolute atomic E-state index is 12.9. The van der Waals surface area contributed by atoms with Crippen LogP contribution in [0.4, 0.5) is 0 Å². The number of hydrogen-bond donors (Lipinski definition) is 1. The van der Waals surface area contributed by atoms with Crippen molar-refractivity contribution in [1.29, 1.82) is 0 Å². The summed E-state index contributed by atoms with van der Waals surface area (Å²) in [4.78, 5) is 14.6. The first kappa shape index (κ1) is 18.2. The molecule has 1 amide bonds. The highest BCUT2D eigenvalue weighted by molar-refractivity contribution is 7.89. The number of benzene rings is 2. The maximum Gasteiger partial charge on any atom is 0.254 e. The highest BCUT2D eigenvalue weighted by atomic mass is 32.2. The maximum atomic E-state index is 12.9. The number of rotatable bonds is 5. The van der Waals surface area contributed by atoms with E-state index < -0.39 is 10.0 Å². The van der Waals surface area contributed by atoms with Crippen LogP contribution < -0.4 is 4.72 Å². The fourth-order valence-electron chi connectivity index (χ4n) is 3.30. The number of hydrogen-bond acceptors (Lipinski definition) is 3. The van der Waals surface area contributed by atoms with Gasteiger partial charge in [-0.15, -0.1) is 6.42 Å². The van der Waals surface area contributed by atoms with Crippen LogP contribution in [0.2, 0.25) is 0 Å². The van der Waals surface area contributed by atoms with Crippen molar-refractivity contribution in [1.82, 2.24) is 9.62 Å². The molecule has 0 heterocycles. The minimum atomic E-state index is -3.74. The second-order valence-electron chi connectivity index (χ2n) is 6.23. The van der Waals surface area contributed by atoms with Gasteiger partial charge in [0.1, 0.15) is 0 Å². The Balaban J connectivity index is 1.85. The van der Waals surface area contributed by atoms with Gasteiger partial charge in [0.15, 0.2) is 0 Å². The number of fused-ring (bicyclic) bond motifs is 1. The Morgan fingerprint density at radius 2 is 2.04 bits per heavy atom. The van der Waals surface area contributed by atoms with Gasteiger partial charge in [-0.2, -0.15) is 4.72 Å². The number of nitrogens with zero attached hydrogens (tertiary/aromatic N) is 1. The topological polar surface area (TPSA) is 66.5 Å². The zero-order valence-electron chi connectivity index (χ0n) is 14.5. The molecule has 26 heavy (non-hydrogen) atoms. The second kappa shape index (κ2) is 7.32. The first-order valence-corrected chi connectivity index (χ1v) is 9.80. The Bertz CT molecular complexity index is 977. The van der Waals surface area contributed by atoms with Crippen LogP contribution in [-0.4, -0.2) is 32.8 Å². The van der Waals surface area contributed by atoms with Gasteiger partial charge in [0.25, 0.3) is 5.91 Å². The van der Waals surface area contributed by atoms with Gasteiger partial charge in [-0.25, -0.2) is 8.42 Å². The van der Waals surface area contributed by atoms with Crippen LogP contribution in [0.5, 0.6) is 0 Å². The summed E-state index contributed by atoms with van der Waals surface area (Å²) in [6, 6.07) is 14.1. The van der Waals surface area contributed by atoms with E-state index in [2.05, 4.69) is 16.7 Å². The molecule has 0 fully saturated rings. The van der Waals surface area contributed by atoms with Gasteiger partial charge in [0, 0.05) is 12.6 Å². The average Bonchev–Trinajstić information content (AvgIpc) is 3.09. The molecule has 0 aliphatic heterocycles. The summed E-state index contributed by atoms with van der Waals surface area (Å²) >= 11 is 0. The molecule has 5 nitrogen and oxygen atoms in total. The first-order chi connectivity index (χ1) is 12.4. The van der Waals surface area contributed by atoms with Crippen molar-refractivity contribution in [2.24, 2.45) is 0 Å². The van der Waals surface area contributed by atoms with E-state index >= 15 is 0 Å². The van der Waals surface area contributed by atoms with E-state index in [1.807, 2.05) is 18.2 Å². The number of carbonyl (C=O) groups is 1. The standard InChI is InChI=1S/C20H20N2O3S/c1-3-13-21-26(24,25)17-9-6-8-16(14-17)20(23)22(2)19-12-11-15-7-4-5-10-18(15)19/h1,4-10,14,19,21H,11-13H2,2H3. The highest BCUT2D eigenvalue weighted by Gasteiger charge is 2.29. The molecule has 0 bridgehead atoms. The van der Waals surface area contributed by atoms with Crippen molar-refractivity contribution in [2.75, 3.05) is 13.6 Å². The minimum absolute atomic E-state index is 0.00136. The fraction of sp³-hybridized carbons (Fsp3) is 0.250. The van der Waals surface area contributed by atoms with Crippen LogP contribution in [-0.2, 0) is 16.4 Å². The second-order valence-corrected chi connectivity index (χ2v) is 7.99. The van der Waals surface area contributed by atoms with Gasteiger partial charge in [0.05, 0.1) is 17.5 Å². The van der Waals surface area contributed by atoms with Crippen molar-refractivity contribution in [3.8, 4) is 12.3 Å². The molecule has 0 spiro atoms. The van der Waals surface area contributed by atoms with Crippen molar-refractivity contribution >= 4 is 15.9 Å². The number of aryl methyl sites for hydroxylation is 1. The molecular weight excluding hydrogens is 348 g/mol. The molecule has 0 saturated carbocycles. The molecule has 1 N–H and O–H groups in total. The summed E-state index contributed by atoms with van der Waals surface area (Å²) in [6.07, 6.45) is 6.90. The third-order valence-electron chi connectivity index (χ3n) is 4.64. The van der Waals surface area contributed by atoms with Crippen LogP contribution >= 0.6 is 0 Å². The van der Waals surface area contributed by atoms with Crippen molar-refractivity contribution in [3.63, 3.8) is 0 Å². The summed E-state index contributed by atoms with van der Waals surface area (Å²) in [5.74, 6) is 2.02. The first-order valence-electron chi connectivity index (χ1n) is 8.32. The zero-order valence-corrected chi connectivity index (χ0v) is 15.3. The number of terminal acetylenes is 1. The fourth-order valence-corrected chi connectivity index (χ4v) is 4.28. The Morgan fingerprint density at radius 3 is 2.81 bits per heavy atom. The normalized spacial score (nSPS) is 15.9. The van der Waals surface area contributed by atoms with Gasteiger partial charge in [-0.05, 0) is 42.2 Å². The number of nitrogens with one attached hydrogen (secondary N) is 1. The molecule has 0 radical (unpaired) electrons. The number of carbonyl (C=O) groups excluding carboxylic acids is 1. The van der Waals surface area contributed by atoms with Gasteiger partial charge < -0.3 is 4.90 Å². The molecule has 1 aliphatic rings. The van der Waals surface area contributed by atoms with Crippen LogP contribution in [0.25, 0.3) is 0 Å². The molecule has 6 heteroatoms. The zero-order chi connectivity index (χ0) is 18.7. The van der Waals surface area contributed by atoms with Crippen LogP contribution in [0.1, 0.15) is 33.9 Å². The van der Waals surface area contributed by atoms with E-state index in [1.165, 1.54) is 17.7 Å². The molecule has 134 valence electrons. The van der Waals surface area contributed by atoms with Gasteiger partial charge >= 0.3 is 0 Å². The van der Waals surface area contributed by atoms with E-state index in [1.54, 1.807) is 24.1 Å². The Labute approximate surface area is 154 Å². The molecule has 1 unspecified atom stereocenters. The summed E-state index contributed by atoms with van der Waals surface area (Å²) in [5.41, 5.74) is 2.75. The summed E-state index contributed by atoms with van der Waals surface area (Å²) < 4.78 is 26.7. The van der Waals surface area contributed by atoms with Crippen molar-refractivity contribution in [2.45, 2.75) is 23.8 Å². The third kappa shape index (κ3) is 3.50. The van der Waals surface area contributed by atoms with E-state index in [0.29, 0.717) is 5.56 Å². The molecule has 1 aliphatic carbocycles. The SMILES string of the molecule is C#CCNS(=O)(=O)c1cccc(C(=O)N(C)C2CCc3ccccc32)c1. The molecule has 3 rings (SSSR count). The third-order valence-corrected chi connectivity index (χ3v) is 6.04. The van der Waals surface area contributed by atoms with Gasteiger partial charge in [-0.3, -0.25) is 4.79 Å². The molecule has 2 aromatic carbocycles. The molecule has 0 saturated heterocycles. The Hall–Kier alpha value is -2.62. The van der Waals surface area contributed by atoms with Crippen LogP contribution in [0.3, 0.4) is 0 Å². The monoisotopic (exact) mass is 368 g/mol. The van der Waals surface area contributed by atoms with E-state index in [4.69, 9.17) is 6.42 Å². The smallest absolute Gasteiger partial charge is 0.254 e. The van der Waals surface area contributed by atoms with E-state index in [9.17, 15) is 13.2 Å². The number of sulfonamides is 1. The number of amides is 1. The van der Waals surface area contributed by atoms with Crippen LogP contribution in [0.15, 0.2) is 53.4 Å². The summed E-state index contributed by atoms with van der Waals surface area (Å²) in [7, 11) is -1.98. The molecular formula is C20H20N2O3S. The van der Waals surface area contributed by atoms with Gasteiger partial charge in [-0.1, -0.05) is 36.3 Å². The minimum Gasteiger partial charge on any atom is -0.335 e. The highest BCUT2D eigenvalue weighted by Crippen LogP contribution is 2.35. The van der Waals surface area contributed by atoms with Crippen molar-refractivity contribution < 1.29 is 13.2 Å². The van der Waals surface area contributed by atoms with Crippen molar-refractivity contribution in [3.05, 3.63) is 65.2 Å². The predicted molar refractivity (Wildman–Crippen MR) is 100 cm³/mol. The summed E-state index contributed by atoms with van der Waals surface area (Å²) in [5, 5.41) is 0. The lowest BCUT2D eigenvalue weighted by atomic mass is 10.1. The summed E-state index contributed by atoms with van der Waals surface area (Å²) in [6.45, 7) is -0.0979. The average molecular weight is 368 g/mol. The predicted octanol–water partition coefficient (Wildman–Crippen LogP) is 2.36. The molecule has 0 aromatic heterocycles. The van der Waals surface area contributed by atoms with E-state index in [-0.39, 0.29) is 23.4 Å². The largest absolute Gasteiger partial charge is 0.335 e. The van der Waals surface area contributed by atoms with Crippen LogP contribution in [0, 0.1) is 12.3 Å².